The lowest BCUT2D eigenvalue weighted by molar-refractivity contribution is 0.404. The highest BCUT2D eigenvalue weighted by Crippen LogP contribution is 2.53. The van der Waals surface area contributed by atoms with Gasteiger partial charge in [-0.2, -0.15) is 22.7 Å². The molecule has 0 atom stereocenters. The zero-order valence-corrected chi connectivity index (χ0v) is 47.8. The van der Waals surface area contributed by atoms with Crippen LogP contribution < -0.4 is 89.9 Å². The van der Waals surface area contributed by atoms with Gasteiger partial charge in [0.15, 0.2) is 52.2 Å². The minimum Gasteiger partial charge on any atom is -0.458 e. The van der Waals surface area contributed by atoms with Crippen LogP contribution in [0, 0.1) is 40.7 Å². The van der Waals surface area contributed by atoms with Gasteiger partial charge in [0.05, 0.1) is 28.4 Å². The molecule has 0 amide bonds. The van der Waals surface area contributed by atoms with Crippen LogP contribution in [0.1, 0.15) is 0 Å². The van der Waals surface area contributed by atoms with Crippen molar-refractivity contribution in [1.82, 2.24) is 0 Å². The van der Waals surface area contributed by atoms with E-state index in [1.54, 1.807) is 65.1 Å². The number of nitrogens with zero attached hydrogens (tertiary/aromatic N) is 5. The zero-order chi connectivity index (χ0) is 59.2. The first-order valence-electron chi connectivity index (χ1n) is 27.8. The third-order valence-electron chi connectivity index (χ3n) is 17.5. The molecule has 11 aromatic rings. The van der Waals surface area contributed by atoms with Gasteiger partial charge in [0, 0.05) is 118 Å². The van der Waals surface area contributed by atoms with Crippen LogP contribution in [-0.2, 0) is 0 Å². The van der Waals surface area contributed by atoms with Crippen molar-refractivity contribution >= 4 is 152 Å². The number of thiophene rings is 2. The van der Waals surface area contributed by atoms with Crippen molar-refractivity contribution in [3.05, 3.63) is 205 Å². The first-order valence-corrected chi connectivity index (χ1v) is 29.4. The number of ether oxygens (including phenoxy) is 4. The van der Waals surface area contributed by atoms with Crippen LogP contribution in [0.5, 0.6) is 46.0 Å². The van der Waals surface area contributed by atoms with Gasteiger partial charge >= 0.3 is 0 Å². The van der Waals surface area contributed by atoms with Crippen molar-refractivity contribution in [2.24, 2.45) is 0 Å². The van der Waals surface area contributed by atoms with Crippen molar-refractivity contribution in [3.8, 4) is 46.0 Å². The van der Waals surface area contributed by atoms with Crippen LogP contribution in [0.3, 0.4) is 0 Å². The Labute approximate surface area is 502 Å². The molecule has 0 N–H and O–H groups in total. The largest absolute Gasteiger partial charge is 0.458 e. The summed E-state index contributed by atoms with van der Waals surface area (Å²) in [7, 11) is 7.80. The second kappa shape index (κ2) is 18.6. The minimum atomic E-state index is -0.904. The molecule has 0 unspecified atom stereocenters. The van der Waals surface area contributed by atoms with Crippen molar-refractivity contribution < 1.29 is 49.7 Å². The number of anilines is 11. The van der Waals surface area contributed by atoms with E-state index in [9.17, 15) is 0 Å². The lowest BCUT2D eigenvalue weighted by Gasteiger charge is -2.44. The SMILES string of the molecule is CN1c2cc(Oc3c(F)cccc3F)cc3c2B(c2ccccc2O3)c2sc3c(c21)N(C)c1cc(Oc2c(F)cccc2F)cc2c1B3c1sc3c(c1N2C)N(C)c1cc(Oc2c(F)cccc2F)cc2c1B3c1ccccc1N2c1ccccc1F. The predicted octanol–water partition coefficient (Wildman–Crippen LogP) is 11.9. The number of benzene rings is 9. The van der Waals surface area contributed by atoms with Gasteiger partial charge in [-0.3, -0.25) is 0 Å². The summed E-state index contributed by atoms with van der Waals surface area (Å²) >= 11 is 3.34. The summed E-state index contributed by atoms with van der Waals surface area (Å²) in [4.78, 5) is 10.2. The van der Waals surface area contributed by atoms with Crippen LogP contribution in [-0.4, -0.2) is 48.3 Å². The first kappa shape index (κ1) is 51.7. The highest BCUT2D eigenvalue weighted by atomic mass is 32.1. The summed E-state index contributed by atoms with van der Waals surface area (Å²) in [6, 6.07) is 43.3. The van der Waals surface area contributed by atoms with Crippen LogP contribution >= 0.6 is 22.7 Å². The lowest BCUT2D eigenvalue weighted by atomic mass is 9.35. The van der Waals surface area contributed by atoms with E-state index >= 15 is 30.7 Å². The van der Waals surface area contributed by atoms with Crippen molar-refractivity contribution in [2.45, 2.75) is 0 Å². The molecular weight excluding hydrogens is 1160 g/mol. The molecule has 0 aliphatic carbocycles. The Balaban J connectivity index is 0.916. The van der Waals surface area contributed by atoms with E-state index in [1.807, 2.05) is 93.8 Å². The van der Waals surface area contributed by atoms with E-state index < -0.39 is 78.1 Å². The number of hydrogen-bond acceptors (Lipinski definition) is 11. The number of para-hydroxylation sites is 6. The Bertz CT molecular complexity index is 4820. The van der Waals surface area contributed by atoms with E-state index in [0.29, 0.717) is 45.6 Å². The highest BCUT2D eigenvalue weighted by molar-refractivity contribution is 7.44. The van der Waals surface area contributed by atoms with E-state index in [4.69, 9.17) is 18.9 Å². The molecule has 0 saturated heterocycles. The topological polar surface area (TPSA) is 53.1 Å². The average molecular weight is 1200 g/mol. The van der Waals surface area contributed by atoms with Gasteiger partial charge in [0.1, 0.15) is 34.6 Å². The highest BCUT2D eigenvalue weighted by Gasteiger charge is 2.54. The fourth-order valence-electron chi connectivity index (χ4n) is 13.9. The third-order valence-corrected chi connectivity index (χ3v) is 20.1. The first-order chi connectivity index (χ1) is 42.2. The van der Waals surface area contributed by atoms with Gasteiger partial charge < -0.3 is 43.4 Å². The van der Waals surface area contributed by atoms with Gasteiger partial charge in [-0.1, -0.05) is 66.7 Å². The maximum absolute atomic E-state index is 16.5. The molecule has 87 heavy (non-hydrogen) atoms. The Morgan fingerprint density at radius 2 is 0.690 bits per heavy atom. The minimum absolute atomic E-state index is 0.0993. The van der Waals surface area contributed by atoms with Gasteiger partial charge in [0.2, 0.25) is 0 Å². The summed E-state index contributed by atoms with van der Waals surface area (Å²) in [5.74, 6) is -6.08. The Kier molecular flexibility index (Phi) is 11.1. The molecule has 422 valence electrons. The van der Waals surface area contributed by atoms with E-state index in [2.05, 4.69) is 19.6 Å². The van der Waals surface area contributed by atoms with E-state index in [1.165, 1.54) is 24.3 Å². The summed E-state index contributed by atoms with van der Waals surface area (Å²) in [5, 5.41) is 0. The number of hydrogen-bond donors (Lipinski definition) is 0. The third kappa shape index (κ3) is 7.23. The fourth-order valence-corrected chi connectivity index (χ4v) is 17.2. The maximum atomic E-state index is 16.5. The maximum Gasteiger partial charge on any atom is 0.277 e. The molecule has 17 rings (SSSR count). The predicted molar refractivity (Wildman–Crippen MR) is 335 cm³/mol. The van der Waals surface area contributed by atoms with E-state index in [-0.39, 0.29) is 22.9 Å². The van der Waals surface area contributed by atoms with Gasteiger partial charge in [-0.05, 0) is 88.0 Å². The van der Waals surface area contributed by atoms with Crippen LogP contribution in [0.15, 0.2) is 164 Å². The molecule has 0 bridgehead atoms. The van der Waals surface area contributed by atoms with Crippen molar-refractivity contribution in [3.63, 3.8) is 0 Å². The number of fused-ring (bicyclic) bond motifs is 14. The second-order valence-corrected chi connectivity index (χ2v) is 24.3. The van der Waals surface area contributed by atoms with Crippen LogP contribution in [0.25, 0.3) is 0 Å². The van der Waals surface area contributed by atoms with Gasteiger partial charge in [-0.15, -0.1) is 0 Å². The Hall–Kier alpha value is -9.72. The smallest absolute Gasteiger partial charge is 0.277 e. The molecule has 9 nitrogen and oxygen atoms in total. The monoisotopic (exact) mass is 1200 g/mol. The average Bonchev–Trinajstić information content (AvgIpc) is 1.57. The Morgan fingerprint density at radius 1 is 0.333 bits per heavy atom. The zero-order valence-electron chi connectivity index (χ0n) is 46.2. The molecule has 6 aliphatic rings. The van der Waals surface area contributed by atoms with Crippen LogP contribution in [0.4, 0.5) is 93.3 Å². The fraction of sp³-hybridized carbons (Fsp3) is 0.0606. The number of rotatable bonds is 7. The molecule has 0 fully saturated rings. The molecule has 6 aliphatic heterocycles. The summed E-state index contributed by atoms with van der Waals surface area (Å²) in [6.45, 7) is -1.37. The molecule has 2 aromatic heterocycles. The molecule has 0 radical (unpaired) electrons. The standard InChI is InChI=1S/C66H39B3F7N5O4S2/c1-77-46-26-32(82-60-38(71)17-11-18-39(60)72)27-47-53(46)69(66-59(78(47)2)57-64(87-66)68-36-15-6-10-25-51(36)85-52-31-34(29-49(55(52)68)80(57)4)84-62-42(75)21-13-22-43(62)76)65-58(77)56-63(86-65)67-35-14-5-8-23-44(35)81(45-24-9-7-16-37(45)70)50-30-33(28-48(54(50)67)79(56)3)83-61-40(73)19-12-20-41(61)74/h5-31H,1-4H3. The quantitative estimate of drug-likeness (QED) is 0.115. The molecule has 0 saturated carbocycles. The lowest BCUT2D eigenvalue weighted by Crippen LogP contribution is -2.60. The molecule has 9 aromatic carbocycles. The van der Waals surface area contributed by atoms with E-state index in [0.717, 1.165) is 106 Å². The van der Waals surface area contributed by atoms with Gasteiger partial charge in [-0.25, -0.2) is 30.7 Å². The summed E-state index contributed by atoms with van der Waals surface area (Å²) < 4.78 is 139. The molecule has 0 spiro atoms. The van der Waals surface area contributed by atoms with Crippen molar-refractivity contribution in [1.29, 1.82) is 0 Å². The van der Waals surface area contributed by atoms with Gasteiger partial charge in [0.25, 0.3) is 20.1 Å². The van der Waals surface area contributed by atoms with Crippen molar-refractivity contribution in [2.75, 3.05) is 52.7 Å². The summed E-state index contributed by atoms with van der Waals surface area (Å²) in [6.07, 6.45) is 0. The normalized spacial score (nSPS) is 14.1. The molecule has 21 heteroatoms. The number of halogens is 7. The molecular formula is C66H39B3F7N5O4S2. The molecule has 8 heterocycles. The second-order valence-electron chi connectivity index (χ2n) is 22.1. The summed E-state index contributed by atoms with van der Waals surface area (Å²) in [5.41, 5.74) is 11.8. The van der Waals surface area contributed by atoms with Crippen LogP contribution in [0.2, 0.25) is 0 Å². The Morgan fingerprint density at radius 3 is 1.17 bits per heavy atom.